The molecule has 0 radical (unpaired) electrons. The van der Waals surface area contributed by atoms with E-state index in [4.69, 9.17) is 0 Å². The highest BCUT2D eigenvalue weighted by atomic mass is 19.4. The summed E-state index contributed by atoms with van der Waals surface area (Å²) in [6.45, 7) is 5.25. The van der Waals surface area contributed by atoms with Gasteiger partial charge in [0.15, 0.2) is 5.78 Å². The Morgan fingerprint density at radius 3 is 2.10 bits per heavy atom. The van der Waals surface area contributed by atoms with Crippen LogP contribution in [0.2, 0.25) is 0 Å². The second-order valence-electron chi connectivity index (χ2n) is 10.3. The average molecular weight is 593 g/mol. The predicted octanol–water partition coefficient (Wildman–Crippen LogP) is 5.23. The van der Waals surface area contributed by atoms with Gasteiger partial charge in [-0.05, 0) is 67.3 Å². The Morgan fingerprint density at radius 2 is 1.55 bits per heavy atom. The third-order valence-electron chi connectivity index (χ3n) is 7.33. The van der Waals surface area contributed by atoms with Crippen LogP contribution in [0, 0.1) is 13.8 Å². The van der Waals surface area contributed by atoms with Crippen LogP contribution in [0.25, 0.3) is 0 Å². The number of pyridine rings is 1. The summed E-state index contributed by atoms with van der Waals surface area (Å²) < 4.78 is 82.0. The molecule has 2 unspecified atom stereocenters. The summed E-state index contributed by atoms with van der Waals surface area (Å²) >= 11 is 0. The number of carbonyl (C=O) groups excluding carboxylic acids is 2. The minimum atomic E-state index is -5.12. The molecule has 1 fully saturated rings. The van der Waals surface area contributed by atoms with Gasteiger partial charge in [0.05, 0.1) is 28.8 Å². The molecule has 2 aromatic carbocycles. The first kappa shape index (κ1) is 31.2. The van der Waals surface area contributed by atoms with Crippen molar-refractivity contribution >= 4 is 11.7 Å². The van der Waals surface area contributed by atoms with Crippen molar-refractivity contribution in [3.8, 4) is 0 Å². The number of hydrogen-bond acceptors (Lipinski definition) is 5. The van der Waals surface area contributed by atoms with E-state index in [-0.39, 0.29) is 31.1 Å². The molecule has 0 bridgehead atoms. The quantitative estimate of drug-likeness (QED) is 0.277. The number of nitrogens with one attached hydrogen (secondary N) is 2. The average Bonchev–Trinajstić information content (AvgIpc) is 2.95. The lowest BCUT2D eigenvalue weighted by molar-refractivity contribution is -0.143. The van der Waals surface area contributed by atoms with Gasteiger partial charge in [0.25, 0.3) is 5.91 Å². The van der Waals surface area contributed by atoms with Gasteiger partial charge in [-0.15, -0.1) is 0 Å². The zero-order valence-electron chi connectivity index (χ0n) is 22.9. The Labute approximate surface area is 239 Å². The minimum Gasteiger partial charge on any atom is -0.347 e. The lowest BCUT2D eigenvalue weighted by Gasteiger charge is -2.39. The van der Waals surface area contributed by atoms with Gasteiger partial charge in [0, 0.05) is 44.1 Å². The zero-order valence-corrected chi connectivity index (χ0v) is 22.9. The van der Waals surface area contributed by atoms with Crippen LogP contribution in [0.5, 0.6) is 0 Å². The molecule has 0 aliphatic carbocycles. The van der Waals surface area contributed by atoms with E-state index < -0.39 is 52.8 Å². The van der Waals surface area contributed by atoms with Crippen molar-refractivity contribution < 1.29 is 35.9 Å². The fraction of sp³-hybridized carbons (Fsp3) is 0.367. The number of rotatable bonds is 8. The number of aromatic nitrogens is 1. The Kier molecular flexibility index (Phi) is 9.37. The van der Waals surface area contributed by atoms with Crippen LogP contribution in [-0.2, 0) is 18.8 Å². The van der Waals surface area contributed by atoms with Crippen molar-refractivity contribution in [3.05, 3.63) is 99.9 Å². The number of benzene rings is 2. The van der Waals surface area contributed by atoms with Gasteiger partial charge in [0.2, 0.25) is 0 Å². The molecule has 2 heterocycles. The van der Waals surface area contributed by atoms with Gasteiger partial charge in [-0.25, -0.2) is 0 Å². The number of carbonyl (C=O) groups is 2. The lowest BCUT2D eigenvalue weighted by Crippen LogP contribution is -2.60. The van der Waals surface area contributed by atoms with Crippen LogP contribution < -0.4 is 10.6 Å². The molecule has 0 saturated carbocycles. The van der Waals surface area contributed by atoms with Gasteiger partial charge in [-0.3, -0.25) is 19.5 Å². The van der Waals surface area contributed by atoms with Gasteiger partial charge < -0.3 is 10.6 Å². The number of aryl methyl sites for hydroxylation is 2. The molecule has 6 nitrogen and oxygen atoms in total. The normalized spacial score (nSPS) is 16.1. The molecule has 2 N–H and O–H groups in total. The van der Waals surface area contributed by atoms with E-state index in [1.807, 2.05) is 32.0 Å². The Morgan fingerprint density at radius 1 is 0.905 bits per heavy atom. The molecule has 3 aromatic rings. The zero-order chi connectivity index (χ0) is 30.7. The fourth-order valence-corrected chi connectivity index (χ4v) is 5.01. The maximum Gasteiger partial charge on any atom is 0.416 e. The highest BCUT2D eigenvalue weighted by Gasteiger charge is 2.41. The first-order valence-electron chi connectivity index (χ1n) is 13.3. The largest absolute Gasteiger partial charge is 0.416 e. The number of halogens is 6. The van der Waals surface area contributed by atoms with Crippen molar-refractivity contribution in [2.24, 2.45) is 0 Å². The molecule has 1 amide bonds. The highest BCUT2D eigenvalue weighted by molar-refractivity contribution is 6.02. The van der Waals surface area contributed by atoms with E-state index in [1.165, 1.54) is 18.5 Å². The lowest BCUT2D eigenvalue weighted by atomic mass is 9.89. The van der Waals surface area contributed by atoms with E-state index in [2.05, 4.69) is 15.6 Å². The number of nitrogens with zero attached hydrogens (tertiary/aromatic N) is 2. The Balaban J connectivity index is 1.83. The number of alkyl halides is 6. The van der Waals surface area contributed by atoms with E-state index in [9.17, 15) is 35.9 Å². The van der Waals surface area contributed by atoms with Crippen LogP contribution in [0.4, 0.5) is 26.3 Å². The summed E-state index contributed by atoms with van der Waals surface area (Å²) in [4.78, 5) is 33.0. The molecule has 42 heavy (non-hydrogen) atoms. The second-order valence-corrected chi connectivity index (χ2v) is 10.3. The van der Waals surface area contributed by atoms with Gasteiger partial charge >= 0.3 is 12.4 Å². The van der Waals surface area contributed by atoms with Crippen LogP contribution >= 0.6 is 0 Å². The van der Waals surface area contributed by atoms with Crippen LogP contribution in [-0.4, -0.2) is 59.8 Å². The Bertz CT molecular complexity index is 1390. The van der Waals surface area contributed by atoms with Crippen molar-refractivity contribution in [2.45, 2.75) is 44.7 Å². The molecular weight excluding hydrogens is 562 g/mol. The third-order valence-corrected chi connectivity index (χ3v) is 7.33. The first-order chi connectivity index (χ1) is 19.7. The van der Waals surface area contributed by atoms with E-state index in [0.29, 0.717) is 25.2 Å². The fourth-order valence-electron chi connectivity index (χ4n) is 5.01. The first-order valence-corrected chi connectivity index (χ1v) is 13.3. The van der Waals surface area contributed by atoms with Gasteiger partial charge in [-0.2, -0.15) is 26.3 Å². The topological polar surface area (TPSA) is 74.3 Å². The SMILES string of the molecule is Cc1ccc(CC(NC(=O)c2cccnc2)C(C(=O)c2cc(C(F)(F)F)cc(C(F)(F)F)c2)N2CCNCC2)cc1C. The van der Waals surface area contributed by atoms with Gasteiger partial charge in [0.1, 0.15) is 0 Å². The Hall–Kier alpha value is -3.77. The number of amides is 1. The van der Waals surface area contributed by atoms with Crippen molar-refractivity contribution in [2.75, 3.05) is 26.2 Å². The molecule has 1 saturated heterocycles. The summed E-state index contributed by atoms with van der Waals surface area (Å²) in [6.07, 6.45) is -7.34. The predicted molar refractivity (Wildman–Crippen MR) is 144 cm³/mol. The third kappa shape index (κ3) is 7.54. The number of hydrogen-bond donors (Lipinski definition) is 2. The summed E-state index contributed by atoms with van der Waals surface area (Å²) in [5.41, 5.74) is -1.01. The van der Waals surface area contributed by atoms with Gasteiger partial charge in [-0.1, -0.05) is 18.2 Å². The number of Topliss-reactive ketones (excluding diaryl/α,β-unsaturated/α-hetero) is 1. The molecule has 2 atom stereocenters. The molecule has 1 aromatic heterocycles. The summed E-state index contributed by atoms with van der Waals surface area (Å²) in [6, 6.07) is 7.25. The summed E-state index contributed by atoms with van der Waals surface area (Å²) in [5.74, 6) is -1.53. The molecule has 12 heteroatoms. The summed E-state index contributed by atoms with van der Waals surface area (Å²) in [5, 5.41) is 5.98. The molecule has 1 aliphatic heterocycles. The molecule has 224 valence electrons. The standard InChI is InChI=1S/C30H30F6N4O2/c1-18-5-6-20(12-19(18)2)13-25(39-28(42)21-4-3-7-38-17-21)26(40-10-8-37-9-11-40)27(41)22-14-23(29(31,32)33)16-24(15-22)30(34,35)36/h3-7,12,14-17,25-26,37H,8-11,13H2,1-2H3,(H,39,42). The van der Waals surface area contributed by atoms with Crippen LogP contribution in [0.15, 0.2) is 60.9 Å². The van der Waals surface area contributed by atoms with Crippen molar-refractivity contribution in [1.29, 1.82) is 0 Å². The number of ketones is 1. The maximum absolute atomic E-state index is 14.1. The smallest absolute Gasteiger partial charge is 0.347 e. The molecule has 4 rings (SSSR count). The van der Waals surface area contributed by atoms with E-state index in [1.54, 1.807) is 11.0 Å². The van der Waals surface area contributed by atoms with E-state index >= 15 is 0 Å². The minimum absolute atomic E-state index is 0.00661. The summed E-state index contributed by atoms with van der Waals surface area (Å²) in [7, 11) is 0. The van der Waals surface area contributed by atoms with E-state index in [0.717, 1.165) is 16.7 Å². The molecule has 1 aliphatic rings. The monoisotopic (exact) mass is 592 g/mol. The second kappa shape index (κ2) is 12.6. The highest BCUT2D eigenvalue weighted by Crippen LogP contribution is 2.37. The van der Waals surface area contributed by atoms with Crippen LogP contribution in [0.1, 0.15) is 48.5 Å². The maximum atomic E-state index is 14.1. The molecular formula is C30H30F6N4O2. The number of piperazine rings is 1. The van der Waals surface area contributed by atoms with Crippen LogP contribution in [0.3, 0.4) is 0 Å². The molecule has 0 spiro atoms. The van der Waals surface area contributed by atoms with Crippen molar-refractivity contribution in [3.63, 3.8) is 0 Å². The van der Waals surface area contributed by atoms with Crippen molar-refractivity contribution in [1.82, 2.24) is 20.5 Å².